The molecular weight excluding hydrogens is 348 g/mol. The topological polar surface area (TPSA) is 59.6 Å². The molecule has 2 aromatic carbocycles. The summed E-state index contributed by atoms with van der Waals surface area (Å²) in [7, 11) is 3.13. The van der Waals surface area contributed by atoms with Gasteiger partial charge >= 0.3 is 6.03 Å². The summed E-state index contributed by atoms with van der Waals surface area (Å²) in [6, 6.07) is 15.1. The fraction of sp³-hybridized carbons (Fsp3) is 0.150. The van der Waals surface area contributed by atoms with Crippen LogP contribution in [0.1, 0.15) is 5.56 Å². The molecule has 0 fully saturated rings. The van der Waals surface area contributed by atoms with E-state index < -0.39 is 0 Å². The second-order valence-electron chi connectivity index (χ2n) is 5.54. The van der Waals surface area contributed by atoms with Crippen molar-refractivity contribution in [2.24, 2.45) is 0 Å². The van der Waals surface area contributed by atoms with Crippen molar-refractivity contribution in [3.05, 3.63) is 64.9 Å². The van der Waals surface area contributed by atoms with Crippen molar-refractivity contribution in [3.63, 3.8) is 0 Å². The summed E-state index contributed by atoms with van der Waals surface area (Å²) >= 11 is 1.65. The number of nitrogens with one attached hydrogen (secondary N) is 2. The first-order valence-electron chi connectivity index (χ1n) is 8.08. The maximum atomic E-state index is 12.3. The van der Waals surface area contributed by atoms with Gasteiger partial charge in [-0.3, -0.25) is 0 Å². The van der Waals surface area contributed by atoms with Crippen molar-refractivity contribution < 1.29 is 14.3 Å². The molecule has 5 nitrogen and oxygen atoms in total. The highest BCUT2D eigenvalue weighted by Crippen LogP contribution is 2.29. The van der Waals surface area contributed by atoms with Crippen LogP contribution in [0.3, 0.4) is 0 Å². The van der Waals surface area contributed by atoms with Gasteiger partial charge in [-0.25, -0.2) is 4.79 Å². The summed E-state index contributed by atoms with van der Waals surface area (Å²) < 4.78 is 10.5. The van der Waals surface area contributed by atoms with E-state index in [0.29, 0.717) is 23.7 Å². The van der Waals surface area contributed by atoms with Gasteiger partial charge in [0, 0.05) is 12.6 Å². The zero-order valence-corrected chi connectivity index (χ0v) is 15.4. The normalized spacial score (nSPS) is 10.2. The van der Waals surface area contributed by atoms with Crippen molar-refractivity contribution in [2.45, 2.75) is 6.54 Å². The lowest BCUT2D eigenvalue weighted by Crippen LogP contribution is -2.28. The zero-order valence-electron chi connectivity index (χ0n) is 14.6. The van der Waals surface area contributed by atoms with Crippen LogP contribution in [0.2, 0.25) is 0 Å². The summed E-state index contributed by atoms with van der Waals surface area (Å²) in [5.41, 5.74) is 3.92. The number of carbonyl (C=O) groups excluding carboxylic acids is 1. The molecule has 3 aromatic rings. The lowest BCUT2D eigenvalue weighted by molar-refractivity contribution is 0.251. The standard InChI is InChI=1S/C20H20N2O3S/c1-24-16-7-8-18(19(11-16)25-2)22-20(23)21-12-14-5-3-4-6-17(14)15-9-10-26-13-15/h3-11,13H,12H2,1-2H3,(H2,21,22,23). The Balaban J connectivity index is 1.67. The molecule has 2 amide bonds. The van der Waals surface area contributed by atoms with Gasteiger partial charge in [0.05, 0.1) is 19.9 Å². The number of ether oxygens (including phenoxy) is 2. The van der Waals surface area contributed by atoms with E-state index in [-0.39, 0.29) is 6.03 Å². The molecule has 0 spiro atoms. The Kier molecular flexibility index (Phi) is 5.76. The fourth-order valence-corrected chi connectivity index (χ4v) is 3.27. The van der Waals surface area contributed by atoms with E-state index in [1.54, 1.807) is 43.8 Å². The molecule has 1 heterocycles. The number of benzene rings is 2. The summed E-state index contributed by atoms with van der Waals surface area (Å²) in [6.45, 7) is 0.427. The molecule has 0 atom stereocenters. The molecule has 3 rings (SSSR count). The van der Waals surface area contributed by atoms with Crippen molar-refractivity contribution in [1.82, 2.24) is 5.32 Å². The monoisotopic (exact) mass is 368 g/mol. The number of urea groups is 1. The van der Waals surface area contributed by atoms with Crippen LogP contribution in [-0.4, -0.2) is 20.3 Å². The third-order valence-corrected chi connectivity index (χ3v) is 4.63. The van der Waals surface area contributed by atoms with E-state index in [9.17, 15) is 4.79 Å². The molecule has 0 saturated heterocycles. The predicted octanol–water partition coefficient (Wildman–Crippen LogP) is 4.75. The van der Waals surface area contributed by atoms with Crippen LogP contribution in [0.15, 0.2) is 59.3 Å². The van der Waals surface area contributed by atoms with E-state index >= 15 is 0 Å². The Morgan fingerprint density at radius 2 is 1.92 bits per heavy atom. The Hall–Kier alpha value is -2.99. The highest BCUT2D eigenvalue weighted by atomic mass is 32.1. The van der Waals surface area contributed by atoms with Crippen molar-refractivity contribution in [3.8, 4) is 22.6 Å². The van der Waals surface area contributed by atoms with Crippen molar-refractivity contribution >= 4 is 23.1 Å². The number of hydrogen-bond donors (Lipinski definition) is 2. The van der Waals surface area contributed by atoms with E-state index in [2.05, 4.69) is 28.1 Å². The van der Waals surface area contributed by atoms with Crippen LogP contribution < -0.4 is 20.1 Å². The van der Waals surface area contributed by atoms with Crippen LogP contribution in [0.25, 0.3) is 11.1 Å². The van der Waals surface area contributed by atoms with Gasteiger partial charge in [-0.2, -0.15) is 11.3 Å². The Morgan fingerprint density at radius 3 is 2.65 bits per heavy atom. The molecule has 0 unspecified atom stereocenters. The van der Waals surface area contributed by atoms with E-state index in [1.165, 1.54) is 0 Å². The first-order chi connectivity index (χ1) is 12.7. The molecule has 0 aliphatic heterocycles. The molecule has 134 valence electrons. The van der Waals surface area contributed by atoms with Gasteiger partial charge in [-0.1, -0.05) is 24.3 Å². The molecule has 0 bridgehead atoms. The number of amides is 2. The summed E-state index contributed by atoms with van der Waals surface area (Å²) in [4.78, 5) is 12.3. The molecule has 6 heteroatoms. The SMILES string of the molecule is COc1ccc(NC(=O)NCc2ccccc2-c2ccsc2)c(OC)c1. The first kappa shape index (κ1) is 17.8. The van der Waals surface area contributed by atoms with Gasteiger partial charge < -0.3 is 20.1 Å². The second-order valence-corrected chi connectivity index (χ2v) is 6.32. The summed E-state index contributed by atoms with van der Waals surface area (Å²) in [5.74, 6) is 1.20. The first-order valence-corrected chi connectivity index (χ1v) is 9.03. The van der Waals surface area contributed by atoms with E-state index in [4.69, 9.17) is 9.47 Å². The summed E-state index contributed by atoms with van der Waals surface area (Å²) in [6.07, 6.45) is 0. The number of rotatable bonds is 6. The smallest absolute Gasteiger partial charge is 0.319 e. The minimum atomic E-state index is -0.298. The van der Waals surface area contributed by atoms with E-state index in [1.807, 2.05) is 23.6 Å². The number of anilines is 1. The van der Waals surface area contributed by atoms with Crippen molar-refractivity contribution in [2.75, 3.05) is 19.5 Å². The third kappa shape index (κ3) is 4.15. The van der Waals surface area contributed by atoms with Crippen LogP contribution in [0.4, 0.5) is 10.5 Å². The minimum absolute atomic E-state index is 0.298. The lowest BCUT2D eigenvalue weighted by atomic mass is 10.0. The number of thiophene rings is 1. The molecule has 1 aromatic heterocycles. The molecular formula is C20H20N2O3S. The molecule has 0 saturated carbocycles. The Morgan fingerprint density at radius 1 is 1.08 bits per heavy atom. The average molecular weight is 368 g/mol. The molecule has 2 N–H and O–H groups in total. The van der Waals surface area contributed by atoms with Crippen LogP contribution in [0.5, 0.6) is 11.5 Å². The van der Waals surface area contributed by atoms with Gasteiger partial charge in [0.15, 0.2) is 0 Å². The van der Waals surface area contributed by atoms with Gasteiger partial charge in [-0.05, 0) is 45.6 Å². The van der Waals surface area contributed by atoms with Gasteiger partial charge in [0.1, 0.15) is 11.5 Å². The zero-order chi connectivity index (χ0) is 18.4. The quantitative estimate of drug-likeness (QED) is 0.660. The van der Waals surface area contributed by atoms with E-state index in [0.717, 1.165) is 16.7 Å². The number of methoxy groups -OCH3 is 2. The number of carbonyl (C=O) groups is 1. The Bertz CT molecular complexity index is 879. The molecule has 26 heavy (non-hydrogen) atoms. The maximum Gasteiger partial charge on any atom is 0.319 e. The minimum Gasteiger partial charge on any atom is -0.497 e. The third-order valence-electron chi connectivity index (χ3n) is 3.95. The highest BCUT2D eigenvalue weighted by molar-refractivity contribution is 7.08. The number of hydrogen-bond acceptors (Lipinski definition) is 4. The van der Waals surface area contributed by atoms with Gasteiger partial charge in [0.25, 0.3) is 0 Å². The van der Waals surface area contributed by atoms with Gasteiger partial charge in [0.2, 0.25) is 0 Å². The van der Waals surface area contributed by atoms with Crippen LogP contribution >= 0.6 is 11.3 Å². The Labute approximate surface area is 156 Å². The van der Waals surface area contributed by atoms with Crippen molar-refractivity contribution in [1.29, 1.82) is 0 Å². The summed E-state index contributed by atoms with van der Waals surface area (Å²) in [5, 5.41) is 9.85. The van der Waals surface area contributed by atoms with Gasteiger partial charge in [-0.15, -0.1) is 0 Å². The maximum absolute atomic E-state index is 12.3. The average Bonchev–Trinajstić information content (AvgIpc) is 3.21. The molecule has 0 aliphatic rings. The molecule has 0 aliphatic carbocycles. The van der Waals surface area contributed by atoms with Crippen LogP contribution in [-0.2, 0) is 6.54 Å². The van der Waals surface area contributed by atoms with Crippen LogP contribution in [0, 0.1) is 0 Å². The largest absolute Gasteiger partial charge is 0.497 e. The highest BCUT2D eigenvalue weighted by Gasteiger charge is 2.10. The lowest BCUT2D eigenvalue weighted by Gasteiger charge is -2.13. The fourth-order valence-electron chi connectivity index (χ4n) is 2.62. The predicted molar refractivity (Wildman–Crippen MR) is 105 cm³/mol. The second kappa shape index (κ2) is 8.40. The molecule has 0 radical (unpaired) electrons.